The molecule has 2 rings (SSSR count). The van der Waals surface area contributed by atoms with E-state index in [0.717, 1.165) is 13.0 Å². The van der Waals surface area contributed by atoms with E-state index in [1.165, 1.54) is 12.8 Å². The number of carbonyl (C=O) groups excluding carboxylic acids is 1. The summed E-state index contributed by atoms with van der Waals surface area (Å²) in [6.07, 6.45) is 4.05. The summed E-state index contributed by atoms with van der Waals surface area (Å²) in [5.74, 6) is 0.186. The van der Waals surface area contributed by atoms with Crippen LogP contribution in [-0.4, -0.2) is 59.1 Å². The summed E-state index contributed by atoms with van der Waals surface area (Å²) in [4.78, 5) is 16.4. The Labute approximate surface area is 97.2 Å². The standard InChI is InChI=1S/C12H22N2O2/c1-9-5-7-14(10-3-4-10)11(6-8-15)12(16)13(9)2/h9-11,15H,3-8H2,1-2H3. The van der Waals surface area contributed by atoms with Crippen LogP contribution >= 0.6 is 0 Å². The first kappa shape index (κ1) is 11.9. The second-order valence-corrected chi connectivity index (χ2v) is 5.08. The molecule has 1 aliphatic heterocycles. The van der Waals surface area contributed by atoms with Crippen LogP contribution in [0.25, 0.3) is 0 Å². The number of carbonyl (C=O) groups is 1. The highest BCUT2D eigenvalue weighted by Gasteiger charge is 2.40. The molecule has 2 fully saturated rings. The first-order chi connectivity index (χ1) is 7.65. The van der Waals surface area contributed by atoms with Crippen molar-refractivity contribution in [1.82, 2.24) is 9.80 Å². The number of hydrogen-bond acceptors (Lipinski definition) is 3. The van der Waals surface area contributed by atoms with Crippen molar-refractivity contribution in [2.24, 2.45) is 0 Å². The van der Waals surface area contributed by atoms with Crippen LogP contribution in [0.2, 0.25) is 0 Å². The predicted molar refractivity (Wildman–Crippen MR) is 62.1 cm³/mol. The van der Waals surface area contributed by atoms with Crippen LogP contribution in [0.1, 0.15) is 32.6 Å². The molecule has 0 aromatic carbocycles. The van der Waals surface area contributed by atoms with Gasteiger partial charge in [-0.15, -0.1) is 0 Å². The van der Waals surface area contributed by atoms with Crippen LogP contribution in [0.3, 0.4) is 0 Å². The van der Waals surface area contributed by atoms with Crippen molar-refractivity contribution < 1.29 is 9.90 Å². The van der Waals surface area contributed by atoms with Crippen LogP contribution in [0.4, 0.5) is 0 Å². The average molecular weight is 226 g/mol. The van der Waals surface area contributed by atoms with E-state index in [4.69, 9.17) is 5.11 Å². The highest BCUT2D eigenvalue weighted by molar-refractivity contribution is 5.82. The van der Waals surface area contributed by atoms with Crippen molar-refractivity contribution >= 4 is 5.91 Å². The third kappa shape index (κ3) is 2.23. The van der Waals surface area contributed by atoms with E-state index in [-0.39, 0.29) is 18.6 Å². The van der Waals surface area contributed by atoms with Crippen LogP contribution in [0, 0.1) is 0 Å². The number of amides is 1. The van der Waals surface area contributed by atoms with E-state index >= 15 is 0 Å². The maximum absolute atomic E-state index is 12.3. The van der Waals surface area contributed by atoms with Crippen LogP contribution in [0.15, 0.2) is 0 Å². The minimum absolute atomic E-state index is 0.0903. The summed E-state index contributed by atoms with van der Waals surface area (Å²) in [5, 5.41) is 9.10. The molecule has 2 unspecified atom stereocenters. The van der Waals surface area contributed by atoms with Crippen molar-refractivity contribution in [3.8, 4) is 0 Å². The lowest BCUT2D eigenvalue weighted by Gasteiger charge is -2.29. The maximum atomic E-state index is 12.3. The lowest BCUT2D eigenvalue weighted by Crippen LogP contribution is -2.47. The van der Waals surface area contributed by atoms with Crippen molar-refractivity contribution in [2.75, 3.05) is 20.2 Å². The Hall–Kier alpha value is -0.610. The molecule has 2 atom stereocenters. The zero-order valence-electron chi connectivity index (χ0n) is 10.2. The molecule has 1 saturated heterocycles. The van der Waals surface area contributed by atoms with Gasteiger partial charge in [-0.25, -0.2) is 0 Å². The van der Waals surface area contributed by atoms with Gasteiger partial charge in [-0.1, -0.05) is 0 Å². The van der Waals surface area contributed by atoms with Crippen LogP contribution in [0.5, 0.6) is 0 Å². The van der Waals surface area contributed by atoms with Gasteiger partial charge in [0.1, 0.15) is 0 Å². The summed E-state index contributed by atoms with van der Waals surface area (Å²) in [6.45, 7) is 3.19. The zero-order chi connectivity index (χ0) is 11.7. The highest BCUT2D eigenvalue weighted by atomic mass is 16.3. The third-order valence-electron chi connectivity index (χ3n) is 3.92. The third-order valence-corrected chi connectivity index (χ3v) is 3.92. The molecule has 1 aliphatic carbocycles. The summed E-state index contributed by atoms with van der Waals surface area (Å²) in [6, 6.07) is 0.823. The maximum Gasteiger partial charge on any atom is 0.240 e. The predicted octanol–water partition coefficient (Wildman–Crippen LogP) is 0.452. The molecule has 1 heterocycles. The van der Waals surface area contributed by atoms with Gasteiger partial charge in [0.25, 0.3) is 0 Å². The smallest absolute Gasteiger partial charge is 0.240 e. The van der Waals surface area contributed by atoms with E-state index in [1.54, 1.807) is 0 Å². The minimum atomic E-state index is -0.0903. The van der Waals surface area contributed by atoms with Gasteiger partial charge in [0.05, 0.1) is 6.04 Å². The van der Waals surface area contributed by atoms with Crippen molar-refractivity contribution in [3.63, 3.8) is 0 Å². The lowest BCUT2D eigenvalue weighted by atomic mass is 10.1. The van der Waals surface area contributed by atoms with Crippen molar-refractivity contribution in [2.45, 2.75) is 50.7 Å². The monoisotopic (exact) mass is 226 g/mol. The lowest BCUT2D eigenvalue weighted by molar-refractivity contribution is -0.136. The minimum Gasteiger partial charge on any atom is -0.396 e. The molecule has 0 radical (unpaired) electrons. The molecule has 2 aliphatic rings. The highest BCUT2D eigenvalue weighted by Crippen LogP contribution is 2.32. The fourth-order valence-corrected chi connectivity index (χ4v) is 2.53. The Balaban J connectivity index is 2.14. The Kier molecular flexibility index (Phi) is 3.50. The molecule has 4 nitrogen and oxygen atoms in total. The Morgan fingerprint density at radius 3 is 2.62 bits per heavy atom. The first-order valence-electron chi connectivity index (χ1n) is 6.28. The molecule has 1 saturated carbocycles. The average Bonchev–Trinajstić information content (AvgIpc) is 3.09. The van der Waals surface area contributed by atoms with Crippen LogP contribution in [-0.2, 0) is 4.79 Å². The number of hydrogen-bond donors (Lipinski definition) is 1. The van der Waals surface area contributed by atoms with E-state index in [2.05, 4.69) is 11.8 Å². The second-order valence-electron chi connectivity index (χ2n) is 5.08. The quantitative estimate of drug-likeness (QED) is 0.760. The van der Waals surface area contributed by atoms with Gasteiger partial charge < -0.3 is 10.0 Å². The van der Waals surface area contributed by atoms with E-state index in [9.17, 15) is 4.79 Å². The number of likely N-dealkylation sites (N-methyl/N-ethyl adjacent to an activating group) is 1. The van der Waals surface area contributed by atoms with Gasteiger partial charge in [-0.2, -0.15) is 0 Å². The van der Waals surface area contributed by atoms with E-state index in [0.29, 0.717) is 18.5 Å². The van der Waals surface area contributed by atoms with Crippen molar-refractivity contribution in [1.29, 1.82) is 0 Å². The fraction of sp³-hybridized carbons (Fsp3) is 0.917. The zero-order valence-corrected chi connectivity index (χ0v) is 10.2. The summed E-state index contributed by atoms with van der Waals surface area (Å²) in [7, 11) is 1.88. The summed E-state index contributed by atoms with van der Waals surface area (Å²) < 4.78 is 0. The molecule has 0 aromatic rings. The molecular weight excluding hydrogens is 204 g/mol. The van der Waals surface area contributed by atoms with Crippen LogP contribution < -0.4 is 0 Å². The number of aliphatic hydroxyl groups is 1. The van der Waals surface area contributed by atoms with Gasteiger partial charge in [0, 0.05) is 32.3 Å². The number of nitrogens with zero attached hydrogens (tertiary/aromatic N) is 2. The number of rotatable bonds is 3. The van der Waals surface area contributed by atoms with Gasteiger partial charge in [-0.05, 0) is 32.6 Å². The molecule has 16 heavy (non-hydrogen) atoms. The first-order valence-corrected chi connectivity index (χ1v) is 6.28. The molecule has 1 N–H and O–H groups in total. The molecular formula is C12H22N2O2. The van der Waals surface area contributed by atoms with Gasteiger partial charge in [0.2, 0.25) is 5.91 Å². The molecule has 4 heteroatoms. The normalized spacial score (nSPS) is 32.9. The van der Waals surface area contributed by atoms with Gasteiger partial charge in [-0.3, -0.25) is 9.69 Å². The molecule has 0 aromatic heterocycles. The molecule has 92 valence electrons. The Bertz CT molecular complexity index is 266. The largest absolute Gasteiger partial charge is 0.396 e. The molecule has 1 amide bonds. The Morgan fingerprint density at radius 2 is 2.06 bits per heavy atom. The van der Waals surface area contributed by atoms with Crippen molar-refractivity contribution in [3.05, 3.63) is 0 Å². The topological polar surface area (TPSA) is 43.8 Å². The van der Waals surface area contributed by atoms with E-state index in [1.807, 2.05) is 11.9 Å². The number of aliphatic hydroxyl groups excluding tert-OH is 1. The summed E-state index contributed by atoms with van der Waals surface area (Å²) >= 11 is 0. The SMILES string of the molecule is CC1CCN(C2CC2)C(CCO)C(=O)N1C. The second kappa shape index (κ2) is 4.72. The van der Waals surface area contributed by atoms with Gasteiger partial charge in [0.15, 0.2) is 0 Å². The Morgan fingerprint density at radius 1 is 1.38 bits per heavy atom. The fourth-order valence-electron chi connectivity index (χ4n) is 2.53. The van der Waals surface area contributed by atoms with E-state index < -0.39 is 0 Å². The van der Waals surface area contributed by atoms with Gasteiger partial charge >= 0.3 is 0 Å². The molecule has 0 bridgehead atoms. The summed E-state index contributed by atoms with van der Waals surface area (Å²) in [5.41, 5.74) is 0. The molecule has 0 spiro atoms.